The van der Waals surface area contributed by atoms with E-state index in [-0.39, 0.29) is 24.1 Å². The van der Waals surface area contributed by atoms with Gasteiger partial charge in [-0.25, -0.2) is 0 Å². The van der Waals surface area contributed by atoms with Gasteiger partial charge >= 0.3 is 0 Å². The Bertz CT molecular complexity index is 970. The summed E-state index contributed by atoms with van der Waals surface area (Å²) in [4.78, 5) is 38.3. The molecule has 8 heteroatoms. The first-order chi connectivity index (χ1) is 13.9. The zero-order chi connectivity index (χ0) is 20.5. The molecule has 0 saturated carbocycles. The lowest BCUT2D eigenvalue weighted by Crippen LogP contribution is -2.50. The standard InChI is InChI=1S/C21H22N2O5S/c1-12(24)18-5-6-19(29-18)21(27)23-9-8-17(16(25)11-23)28-14-4-2-13-3-7-20(26)22-15(13)10-14/h2,4-6,10,16-17,25H,3,7-9,11H2,1H3,(H,22,26)/t16-,17-/m1/s1. The predicted molar refractivity (Wildman–Crippen MR) is 109 cm³/mol. The van der Waals surface area contributed by atoms with E-state index in [9.17, 15) is 19.5 Å². The number of aryl methyl sites for hydroxylation is 1. The zero-order valence-electron chi connectivity index (χ0n) is 16.0. The number of nitrogens with one attached hydrogen (secondary N) is 1. The lowest BCUT2D eigenvalue weighted by Gasteiger charge is -2.36. The minimum absolute atomic E-state index is 0.0111. The van der Waals surface area contributed by atoms with Gasteiger partial charge in [-0.1, -0.05) is 6.07 Å². The van der Waals surface area contributed by atoms with E-state index in [1.54, 1.807) is 23.1 Å². The number of carbonyl (C=O) groups is 3. The number of ether oxygens (including phenoxy) is 1. The first-order valence-corrected chi connectivity index (χ1v) is 10.4. The van der Waals surface area contributed by atoms with E-state index >= 15 is 0 Å². The van der Waals surface area contributed by atoms with Crippen LogP contribution >= 0.6 is 11.3 Å². The molecule has 1 aromatic carbocycles. The Morgan fingerprint density at radius 1 is 1.21 bits per heavy atom. The number of fused-ring (bicyclic) bond motifs is 1. The van der Waals surface area contributed by atoms with Crippen molar-refractivity contribution in [3.8, 4) is 5.75 Å². The Hall–Kier alpha value is -2.71. The maximum absolute atomic E-state index is 12.7. The van der Waals surface area contributed by atoms with Crippen molar-refractivity contribution >= 4 is 34.6 Å². The highest BCUT2D eigenvalue weighted by Gasteiger charge is 2.32. The van der Waals surface area contributed by atoms with Crippen LogP contribution in [-0.2, 0) is 11.2 Å². The number of hydrogen-bond acceptors (Lipinski definition) is 6. The number of β-amino-alcohol motifs (C(OH)–C–C–N with tert-alkyl or cyclic N) is 1. The van der Waals surface area contributed by atoms with E-state index in [1.165, 1.54) is 18.3 Å². The fraction of sp³-hybridized carbons (Fsp3) is 0.381. The number of rotatable bonds is 4. The summed E-state index contributed by atoms with van der Waals surface area (Å²) in [6.07, 6.45) is 0.411. The van der Waals surface area contributed by atoms with Crippen LogP contribution < -0.4 is 10.1 Å². The van der Waals surface area contributed by atoms with Crippen molar-refractivity contribution in [2.75, 3.05) is 18.4 Å². The van der Waals surface area contributed by atoms with Crippen molar-refractivity contribution in [1.29, 1.82) is 0 Å². The molecule has 2 amide bonds. The Morgan fingerprint density at radius 3 is 2.72 bits per heavy atom. The second-order valence-electron chi connectivity index (χ2n) is 7.35. The predicted octanol–water partition coefficient (Wildman–Crippen LogP) is 2.49. The molecule has 4 rings (SSSR count). The van der Waals surface area contributed by atoms with Gasteiger partial charge in [-0.15, -0.1) is 11.3 Å². The van der Waals surface area contributed by atoms with Crippen LogP contribution in [0.4, 0.5) is 5.69 Å². The maximum Gasteiger partial charge on any atom is 0.264 e. The van der Waals surface area contributed by atoms with Crippen molar-refractivity contribution in [2.45, 2.75) is 38.4 Å². The molecule has 7 nitrogen and oxygen atoms in total. The molecule has 1 fully saturated rings. The lowest BCUT2D eigenvalue weighted by molar-refractivity contribution is -0.116. The number of Topliss-reactive ketones (excluding diaryl/α,β-unsaturated/α-hetero) is 1. The third-order valence-electron chi connectivity index (χ3n) is 5.24. The number of aliphatic hydroxyl groups excluding tert-OH is 1. The van der Waals surface area contributed by atoms with E-state index in [0.29, 0.717) is 41.3 Å². The highest BCUT2D eigenvalue weighted by atomic mass is 32.1. The third-order valence-corrected chi connectivity index (χ3v) is 6.41. The molecular weight excluding hydrogens is 392 g/mol. The smallest absolute Gasteiger partial charge is 0.264 e. The summed E-state index contributed by atoms with van der Waals surface area (Å²) in [5.41, 5.74) is 1.82. The summed E-state index contributed by atoms with van der Waals surface area (Å²) >= 11 is 1.17. The zero-order valence-corrected chi connectivity index (χ0v) is 16.8. The molecule has 3 heterocycles. The molecule has 1 aromatic heterocycles. The van der Waals surface area contributed by atoms with Crippen LogP contribution in [-0.4, -0.2) is 52.9 Å². The van der Waals surface area contributed by atoms with E-state index < -0.39 is 12.2 Å². The van der Waals surface area contributed by atoms with Crippen LogP contribution in [0.5, 0.6) is 5.75 Å². The largest absolute Gasteiger partial charge is 0.488 e. The SMILES string of the molecule is CC(=O)c1ccc(C(=O)N2CC[C@@H](Oc3ccc4c(c3)NC(=O)CC4)[C@H](O)C2)s1. The molecule has 2 atom stereocenters. The van der Waals surface area contributed by atoms with Gasteiger partial charge in [0.1, 0.15) is 18.0 Å². The van der Waals surface area contributed by atoms with E-state index in [4.69, 9.17) is 4.74 Å². The lowest BCUT2D eigenvalue weighted by atomic mass is 10.0. The number of hydrogen-bond donors (Lipinski definition) is 2. The summed E-state index contributed by atoms with van der Waals surface area (Å²) in [7, 11) is 0. The molecule has 0 bridgehead atoms. The second-order valence-corrected chi connectivity index (χ2v) is 8.43. The number of thiophene rings is 1. The van der Waals surface area contributed by atoms with Gasteiger partial charge < -0.3 is 20.1 Å². The first-order valence-electron chi connectivity index (χ1n) is 9.58. The molecule has 0 unspecified atom stereocenters. The Labute approximate surface area is 172 Å². The summed E-state index contributed by atoms with van der Waals surface area (Å²) in [6, 6.07) is 8.86. The highest BCUT2D eigenvalue weighted by Crippen LogP contribution is 2.29. The van der Waals surface area contributed by atoms with Crippen molar-refractivity contribution in [1.82, 2.24) is 4.90 Å². The highest BCUT2D eigenvalue weighted by molar-refractivity contribution is 7.15. The first kappa shape index (κ1) is 19.6. The van der Waals surface area contributed by atoms with Crippen LogP contribution in [0.3, 0.4) is 0 Å². The number of aliphatic hydroxyl groups is 1. The van der Waals surface area contributed by atoms with Crippen LogP contribution in [0.15, 0.2) is 30.3 Å². The van der Waals surface area contributed by atoms with Gasteiger partial charge in [-0.3, -0.25) is 14.4 Å². The fourth-order valence-corrected chi connectivity index (χ4v) is 4.50. The second kappa shape index (κ2) is 7.96. The molecular formula is C21H22N2O5S. The van der Waals surface area contributed by atoms with Crippen LogP contribution in [0, 0.1) is 0 Å². The molecule has 0 aliphatic carbocycles. The molecule has 2 N–H and O–H groups in total. The number of benzene rings is 1. The van der Waals surface area contributed by atoms with Gasteiger partial charge in [0.2, 0.25) is 5.91 Å². The third kappa shape index (κ3) is 4.18. The monoisotopic (exact) mass is 414 g/mol. The van der Waals surface area contributed by atoms with Gasteiger partial charge in [0.05, 0.1) is 16.3 Å². The Morgan fingerprint density at radius 2 is 2.00 bits per heavy atom. The number of amides is 2. The molecule has 0 spiro atoms. The summed E-state index contributed by atoms with van der Waals surface area (Å²) < 4.78 is 5.96. The summed E-state index contributed by atoms with van der Waals surface area (Å²) in [5, 5.41) is 13.4. The van der Waals surface area contributed by atoms with Crippen LogP contribution in [0.25, 0.3) is 0 Å². The van der Waals surface area contributed by atoms with Crippen LogP contribution in [0.1, 0.15) is 44.7 Å². The number of likely N-dealkylation sites (tertiary alicyclic amines) is 1. The number of ketones is 1. The number of anilines is 1. The number of piperidine rings is 1. The Kier molecular flexibility index (Phi) is 5.38. The van der Waals surface area contributed by atoms with E-state index in [2.05, 4.69) is 5.32 Å². The quantitative estimate of drug-likeness (QED) is 0.750. The number of nitrogens with zero attached hydrogens (tertiary/aromatic N) is 1. The van der Waals surface area contributed by atoms with Crippen molar-refractivity contribution in [2.24, 2.45) is 0 Å². The van der Waals surface area contributed by atoms with Crippen molar-refractivity contribution in [3.05, 3.63) is 45.6 Å². The van der Waals surface area contributed by atoms with Gasteiger partial charge in [0.15, 0.2) is 5.78 Å². The molecule has 152 valence electrons. The van der Waals surface area contributed by atoms with Gasteiger partial charge in [0, 0.05) is 31.1 Å². The molecule has 0 radical (unpaired) electrons. The van der Waals surface area contributed by atoms with Gasteiger partial charge in [-0.05, 0) is 37.1 Å². The molecule has 1 saturated heterocycles. The molecule has 2 aliphatic rings. The normalized spacial score (nSPS) is 21.3. The maximum atomic E-state index is 12.7. The molecule has 2 aromatic rings. The minimum Gasteiger partial charge on any atom is -0.488 e. The van der Waals surface area contributed by atoms with E-state index in [1.807, 2.05) is 12.1 Å². The summed E-state index contributed by atoms with van der Waals surface area (Å²) in [6.45, 7) is 2.09. The minimum atomic E-state index is -0.828. The van der Waals surface area contributed by atoms with Crippen LogP contribution in [0.2, 0.25) is 0 Å². The van der Waals surface area contributed by atoms with Gasteiger partial charge in [-0.2, -0.15) is 0 Å². The average Bonchev–Trinajstić information content (AvgIpc) is 3.19. The molecule has 2 aliphatic heterocycles. The fourth-order valence-electron chi connectivity index (χ4n) is 3.63. The Balaban J connectivity index is 1.39. The van der Waals surface area contributed by atoms with Crippen molar-refractivity contribution in [3.63, 3.8) is 0 Å². The van der Waals surface area contributed by atoms with Crippen molar-refractivity contribution < 1.29 is 24.2 Å². The topological polar surface area (TPSA) is 95.9 Å². The number of carbonyl (C=O) groups excluding carboxylic acids is 3. The summed E-state index contributed by atoms with van der Waals surface area (Å²) in [5.74, 6) is 0.320. The average molecular weight is 414 g/mol. The van der Waals surface area contributed by atoms with E-state index in [0.717, 1.165) is 11.3 Å². The van der Waals surface area contributed by atoms with Gasteiger partial charge in [0.25, 0.3) is 5.91 Å². The molecule has 29 heavy (non-hydrogen) atoms.